The molecule has 0 N–H and O–H groups in total. The van der Waals surface area contributed by atoms with Crippen LogP contribution in [-0.4, -0.2) is 61.4 Å². The molecule has 6 rings (SSSR count). The van der Waals surface area contributed by atoms with E-state index in [1.54, 1.807) is 0 Å². The summed E-state index contributed by atoms with van der Waals surface area (Å²) < 4.78 is 27.2. The van der Waals surface area contributed by atoms with Crippen LogP contribution < -0.4 is 0 Å². The molecule has 0 aliphatic carbocycles. The molecule has 2 fully saturated rings. The first-order valence-corrected chi connectivity index (χ1v) is 19.8. The molecule has 1 unspecified atom stereocenters. The summed E-state index contributed by atoms with van der Waals surface area (Å²) in [6, 6.07) is 42.1. The molecule has 4 aromatic rings. The van der Waals surface area contributed by atoms with Crippen molar-refractivity contribution in [2.24, 2.45) is 0 Å². The molecule has 0 aromatic heterocycles. The Morgan fingerprint density at radius 3 is 1.00 bits per heavy atom. The molecule has 2 heterocycles. The van der Waals surface area contributed by atoms with E-state index in [2.05, 4.69) is 135 Å². The van der Waals surface area contributed by atoms with Gasteiger partial charge in [-0.15, -0.1) is 15.8 Å². The van der Waals surface area contributed by atoms with Gasteiger partial charge in [0, 0.05) is 11.3 Å². The molecule has 0 amide bonds. The lowest BCUT2D eigenvalue weighted by Crippen LogP contribution is -2.46. The van der Waals surface area contributed by atoms with E-state index in [4.69, 9.17) is 18.9 Å². The minimum atomic E-state index is -0.339. The molecule has 2 aliphatic rings. The van der Waals surface area contributed by atoms with Gasteiger partial charge in [-0.2, -0.15) is 0 Å². The summed E-state index contributed by atoms with van der Waals surface area (Å²) in [6.07, 6.45) is 2.24. The molecule has 4 nitrogen and oxygen atoms in total. The number of hydrogen-bond donors (Lipinski definition) is 0. The van der Waals surface area contributed by atoms with E-state index in [9.17, 15) is 0 Å². The van der Waals surface area contributed by atoms with Gasteiger partial charge in [-0.25, -0.2) is 0 Å². The van der Waals surface area contributed by atoms with Crippen LogP contribution in [0.2, 0.25) is 0 Å². The number of benzene rings is 4. The average Bonchev–Trinajstić information content (AvgIpc) is 3.55. The topological polar surface area (TPSA) is 36.9 Å². The van der Waals surface area contributed by atoms with Crippen LogP contribution in [0.3, 0.4) is 0 Å². The second kappa shape index (κ2) is 15.7. The SMILES string of the molecule is C[P@@]1C[C@@H](OCc2ccccc2)[C@H](OCc2ccccc2)[C@@H]1[C@H]1C(OCc2ccccc2)[C@H](OCc2ccccc2)C[P@]1C. The van der Waals surface area contributed by atoms with Crippen LogP contribution in [0.4, 0.5) is 0 Å². The van der Waals surface area contributed by atoms with E-state index in [1.807, 2.05) is 0 Å². The van der Waals surface area contributed by atoms with Crippen LogP contribution in [0.1, 0.15) is 22.3 Å². The first-order valence-electron chi connectivity index (χ1n) is 15.7. The number of rotatable bonds is 13. The van der Waals surface area contributed by atoms with Gasteiger partial charge in [0.1, 0.15) is 0 Å². The number of hydrogen-bond acceptors (Lipinski definition) is 4. The van der Waals surface area contributed by atoms with Crippen molar-refractivity contribution in [2.75, 3.05) is 25.7 Å². The van der Waals surface area contributed by atoms with Gasteiger partial charge in [0.05, 0.1) is 50.8 Å². The van der Waals surface area contributed by atoms with Gasteiger partial charge in [-0.3, -0.25) is 0 Å². The third-order valence-electron chi connectivity index (χ3n) is 8.89. The summed E-state index contributed by atoms with van der Waals surface area (Å²) in [5.41, 5.74) is 5.58. The van der Waals surface area contributed by atoms with Gasteiger partial charge in [-0.1, -0.05) is 121 Å². The van der Waals surface area contributed by atoms with Crippen LogP contribution in [0.25, 0.3) is 0 Å². The van der Waals surface area contributed by atoms with Crippen molar-refractivity contribution in [3.63, 3.8) is 0 Å². The van der Waals surface area contributed by atoms with E-state index >= 15 is 0 Å². The third-order valence-corrected chi connectivity index (χ3v) is 14.3. The Hall–Kier alpha value is -2.42. The van der Waals surface area contributed by atoms with Crippen LogP contribution in [-0.2, 0) is 45.4 Å². The Bertz CT molecular complexity index is 1280. The fraction of sp³-hybridized carbons (Fsp3) is 0.368. The molecule has 2 aliphatic heterocycles. The van der Waals surface area contributed by atoms with Crippen LogP contribution in [0.15, 0.2) is 121 Å². The highest BCUT2D eigenvalue weighted by molar-refractivity contribution is 7.62. The molecular weight excluding hydrogens is 582 g/mol. The standard InChI is InChI=1S/C38H44O4P2/c1-43-27-33(39-23-29-15-7-3-8-16-29)35(41-25-31-19-11-5-12-20-31)37(43)38-36(42-26-32-21-13-6-14-22-32)34(28-44(38)2)40-24-30-17-9-4-10-18-30/h3-22,33-38H,23-28H2,1-2H3/t33-,34-,35+,36?,37-,38-,43+,44+/m1/s1. The molecule has 8 atom stereocenters. The Morgan fingerprint density at radius 2 is 0.705 bits per heavy atom. The van der Waals surface area contributed by atoms with E-state index in [0.29, 0.717) is 37.7 Å². The van der Waals surface area contributed by atoms with Crippen LogP contribution in [0.5, 0.6) is 0 Å². The average molecular weight is 627 g/mol. The summed E-state index contributed by atoms with van der Waals surface area (Å²) in [6.45, 7) is 7.31. The largest absolute Gasteiger partial charge is 0.370 e. The molecule has 0 saturated carbocycles. The first kappa shape index (κ1) is 31.6. The Morgan fingerprint density at radius 1 is 0.432 bits per heavy atom. The highest BCUT2D eigenvalue weighted by Gasteiger charge is 2.55. The highest BCUT2D eigenvalue weighted by atomic mass is 31.1. The molecule has 230 valence electrons. The Labute approximate surface area is 265 Å². The van der Waals surface area contributed by atoms with E-state index in [1.165, 1.54) is 22.3 Å². The zero-order valence-electron chi connectivity index (χ0n) is 25.8. The molecule has 0 radical (unpaired) electrons. The maximum atomic E-state index is 6.91. The van der Waals surface area contributed by atoms with Gasteiger partial charge < -0.3 is 18.9 Å². The molecule has 4 aromatic carbocycles. The zero-order valence-corrected chi connectivity index (χ0v) is 27.6. The smallest absolute Gasteiger partial charge is 0.0918 e. The van der Waals surface area contributed by atoms with E-state index in [-0.39, 0.29) is 40.3 Å². The van der Waals surface area contributed by atoms with E-state index in [0.717, 1.165) is 12.3 Å². The fourth-order valence-corrected chi connectivity index (χ4v) is 13.2. The Kier molecular flexibility index (Phi) is 11.3. The van der Waals surface area contributed by atoms with Crippen molar-refractivity contribution >= 4 is 15.8 Å². The van der Waals surface area contributed by atoms with Crippen molar-refractivity contribution < 1.29 is 18.9 Å². The van der Waals surface area contributed by atoms with Gasteiger partial charge in [-0.05, 0) is 47.9 Å². The summed E-state index contributed by atoms with van der Waals surface area (Å²) in [5.74, 6) is 0. The summed E-state index contributed by atoms with van der Waals surface area (Å²) in [4.78, 5) is 0. The maximum Gasteiger partial charge on any atom is 0.0918 e. The predicted octanol–water partition coefficient (Wildman–Crippen LogP) is 8.32. The molecule has 2 saturated heterocycles. The molecule has 0 spiro atoms. The van der Waals surface area contributed by atoms with Crippen LogP contribution in [0, 0.1) is 0 Å². The minimum absolute atomic E-state index is 0.0145. The van der Waals surface area contributed by atoms with Crippen LogP contribution >= 0.6 is 15.8 Å². The van der Waals surface area contributed by atoms with Crippen molar-refractivity contribution in [3.8, 4) is 0 Å². The molecule has 44 heavy (non-hydrogen) atoms. The monoisotopic (exact) mass is 626 g/mol. The predicted molar refractivity (Wildman–Crippen MR) is 183 cm³/mol. The third kappa shape index (κ3) is 8.04. The van der Waals surface area contributed by atoms with Crippen molar-refractivity contribution in [3.05, 3.63) is 144 Å². The lowest BCUT2D eigenvalue weighted by atomic mass is 10.0. The molecule has 0 bridgehead atoms. The normalized spacial score (nSPS) is 28.3. The van der Waals surface area contributed by atoms with Crippen molar-refractivity contribution in [1.82, 2.24) is 0 Å². The van der Waals surface area contributed by atoms with Crippen molar-refractivity contribution in [1.29, 1.82) is 0 Å². The van der Waals surface area contributed by atoms with Crippen molar-refractivity contribution in [2.45, 2.75) is 62.2 Å². The number of ether oxygens (including phenoxy) is 4. The van der Waals surface area contributed by atoms with Gasteiger partial charge in [0.25, 0.3) is 0 Å². The molecule has 6 heteroatoms. The quantitative estimate of drug-likeness (QED) is 0.140. The lowest BCUT2D eigenvalue weighted by molar-refractivity contribution is -0.0900. The second-order valence-electron chi connectivity index (χ2n) is 12.1. The summed E-state index contributed by atoms with van der Waals surface area (Å²) in [7, 11) is -0.677. The van der Waals surface area contributed by atoms with E-state index < -0.39 is 0 Å². The minimum Gasteiger partial charge on any atom is -0.370 e. The summed E-state index contributed by atoms with van der Waals surface area (Å²) >= 11 is 0. The highest BCUT2D eigenvalue weighted by Crippen LogP contribution is 2.62. The van der Waals surface area contributed by atoms with Gasteiger partial charge in [0.15, 0.2) is 0 Å². The molecular formula is C38H44O4P2. The van der Waals surface area contributed by atoms with Gasteiger partial charge >= 0.3 is 0 Å². The van der Waals surface area contributed by atoms with Gasteiger partial charge in [0.2, 0.25) is 0 Å². The first-order chi connectivity index (χ1) is 21.7. The Balaban J connectivity index is 1.25. The maximum absolute atomic E-state index is 6.91. The summed E-state index contributed by atoms with van der Waals surface area (Å²) in [5, 5.41) is 0. The fourth-order valence-electron chi connectivity index (χ4n) is 6.67. The lowest BCUT2D eigenvalue weighted by Gasteiger charge is -2.36. The zero-order chi connectivity index (χ0) is 30.1. The second-order valence-corrected chi connectivity index (χ2v) is 17.0.